The summed E-state index contributed by atoms with van der Waals surface area (Å²) in [6.45, 7) is 0.626. The maximum Gasteiger partial charge on any atom is 0.224 e. The summed E-state index contributed by atoms with van der Waals surface area (Å²) in [6, 6.07) is 0. The molecule has 0 aliphatic rings. The summed E-state index contributed by atoms with van der Waals surface area (Å²) in [6.07, 6.45) is 5.02. The number of amides is 1. The predicted octanol–water partition coefficient (Wildman–Crippen LogP) is 0.742. The lowest BCUT2D eigenvalue weighted by atomic mass is 10.2. The molecule has 3 N–H and O–H groups in total. The smallest absolute Gasteiger partial charge is 0.224 e. The minimum Gasteiger partial charge on any atom is -0.363 e. The molecule has 1 aromatic heterocycles. The van der Waals surface area contributed by atoms with Gasteiger partial charge in [0.1, 0.15) is 12.0 Å². The fourth-order valence-corrected chi connectivity index (χ4v) is 0.920. The first kappa shape index (κ1) is 9.73. The van der Waals surface area contributed by atoms with Crippen molar-refractivity contribution >= 4 is 11.6 Å². The zero-order valence-corrected chi connectivity index (χ0v) is 7.32. The van der Waals surface area contributed by atoms with Crippen LogP contribution in [-0.2, 0) is 4.79 Å². The van der Waals surface area contributed by atoms with Crippen LogP contribution >= 0.6 is 0 Å². The minimum absolute atomic E-state index is 0.0309. The average molecular weight is 183 g/mol. The molecule has 5 nitrogen and oxygen atoms in total. The molecule has 1 amide bonds. The van der Waals surface area contributed by atoms with Gasteiger partial charge in [0.15, 0.2) is 0 Å². The zero-order chi connectivity index (χ0) is 9.52. The Bertz CT molecular complexity index is 246. The van der Waals surface area contributed by atoms with Crippen molar-refractivity contribution in [2.75, 3.05) is 11.9 Å². The van der Waals surface area contributed by atoms with Gasteiger partial charge < -0.3 is 15.6 Å². The maximum absolute atomic E-state index is 11.2. The number of unbranched alkanes of at least 4 members (excludes halogenated alkanes) is 1. The van der Waals surface area contributed by atoms with E-state index in [2.05, 4.69) is 15.0 Å². The molecule has 1 heterocycles. The Labute approximate surface area is 76.3 Å². The van der Waals surface area contributed by atoms with Crippen LogP contribution in [0.25, 0.3) is 0 Å². The van der Waals surface area contributed by atoms with E-state index in [4.69, 9.17) is 5.73 Å². The second kappa shape index (κ2) is 5.31. The summed E-state index contributed by atoms with van der Waals surface area (Å²) >= 11 is 0. The first-order valence-electron chi connectivity index (χ1n) is 4.22. The Morgan fingerprint density at radius 2 is 2.46 bits per heavy atom. The molecular formula is C8H13N3O2. The van der Waals surface area contributed by atoms with Crippen LogP contribution in [0.5, 0.6) is 0 Å². The highest BCUT2D eigenvalue weighted by Crippen LogP contribution is 2.05. The number of nitrogens with zero attached hydrogens (tertiary/aromatic N) is 1. The van der Waals surface area contributed by atoms with Gasteiger partial charge in [-0.15, -0.1) is 0 Å². The fraction of sp³-hybridized carbons (Fsp3) is 0.500. The first-order valence-corrected chi connectivity index (χ1v) is 4.22. The number of anilines is 1. The van der Waals surface area contributed by atoms with Crippen molar-refractivity contribution in [1.29, 1.82) is 0 Å². The molecule has 0 radical (unpaired) electrons. The van der Waals surface area contributed by atoms with E-state index < -0.39 is 0 Å². The molecule has 0 aliphatic heterocycles. The van der Waals surface area contributed by atoms with E-state index in [0.717, 1.165) is 12.8 Å². The monoisotopic (exact) mass is 183 g/mol. The van der Waals surface area contributed by atoms with Gasteiger partial charge in [0, 0.05) is 6.42 Å². The number of nitrogens with one attached hydrogen (secondary N) is 1. The molecule has 0 fully saturated rings. The van der Waals surface area contributed by atoms with Crippen LogP contribution in [0.15, 0.2) is 17.0 Å². The van der Waals surface area contributed by atoms with Crippen LogP contribution in [0, 0.1) is 0 Å². The molecule has 0 aliphatic carbocycles. The predicted molar refractivity (Wildman–Crippen MR) is 48.0 cm³/mol. The highest BCUT2D eigenvalue weighted by molar-refractivity contribution is 5.90. The standard InChI is InChI=1S/C8H13N3O2/c9-4-2-1-3-8(12)11-7-5-10-13-6-7/h5-6H,1-4,9H2,(H,11,12). The van der Waals surface area contributed by atoms with Gasteiger partial charge in [0.05, 0.1) is 6.20 Å². The third-order valence-corrected chi connectivity index (χ3v) is 1.57. The van der Waals surface area contributed by atoms with Crippen molar-refractivity contribution in [3.05, 3.63) is 12.5 Å². The minimum atomic E-state index is -0.0309. The van der Waals surface area contributed by atoms with Crippen molar-refractivity contribution in [3.63, 3.8) is 0 Å². The second-order valence-corrected chi connectivity index (χ2v) is 2.71. The van der Waals surface area contributed by atoms with E-state index in [9.17, 15) is 4.79 Å². The van der Waals surface area contributed by atoms with E-state index in [0.29, 0.717) is 18.7 Å². The van der Waals surface area contributed by atoms with Gasteiger partial charge >= 0.3 is 0 Å². The van der Waals surface area contributed by atoms with Crippen LogP contribution in [0.4, 0.5) is 5.69 Å². The van der Waals surface area contributed by atoms with Gasteiger partial charge in [-0.1, -0.05) is 5.16 Å². The summed E-state index contributed by atoms with van der Waals surface area (Å²) in [4.78, 5) is 11.2. The van der Waals surface area contributed by atoms with Gasteiger partial charge in [-0.2, -0.15) is 0 Å². The SMILES string of the molecule is NCCCCC(=O)Nc1cnoc1. The van der Waals surface area contributed by atoms with Crippen LogP contribution < -0.4 is 11.1 Å². The molecule has 13 heavy (non-hydrogen) atoms. The topological polar surface area (TPSA) is 81.2 Å². The summed E-state index contributed by atoms with van der Waals surface area (Å²) in [7, 11) is 0. The Hall–Kier alpha value is -1.36. The molecule has 0 aromatic carbocycles. The average Bonchev–Trinajstić information content (AvgIpc) is 2.57. The number of rotatable bonds is 5. The van der Waals surface area contributed by atoms with Gasteiger partial charge in [0.2, 0.25) is 5.91 Å². The lowest BCUT2D eigenvalue weighted by Gasteiger charge is -1.99. The van der Waals surface area contributed by atoms with E-state index in [1.54, 1.807) is 0 Å². The van der Waals surface area contributed by atoms with Crippen molar-refractivity contribution in [1.82, 2.24) is 5.16 Å². The molecule has 5 heteroatoms. The molecule has 0 saturated heterocycles. The van der Waals surface area contributed by atoms with E-state index >= 15 is 0 Å². The van der Waals surface area contributed by atoms with Crippen LogP contribution in [-0.4, -0.2) is 17.6 Å². The highest BCUT2D eigenvalue weighted by Gasteiger charge is 2.02. The quantitative estimate of drug-likeness (QED) is 0.660. The number of carbonyl (C=O) groups is 1. The second-order valence-electron chi connectivity index (χ2n) is 2.71. The molecule has 0 unspecified atom stereocenters. The number of hydrogen-bond donors (Lipinski definition) is 2. The summed E-state index contributed by atoms with van der Waals surface area (Å²) in [5, 5.41) is 6.11. The molecule has 0 atom stereocenters. The van der Waals surface area contributed by atoms with Crippen LogP contribution in [0.2, 0.25) is 0 Å². The van der Waals surface area contributed by atoms with Crippen molar-refractivity contribution in [2.24, 2.45) is 5.73 Å². The highest BCUT2D eigenvalue weighted by atomic mass is 16.5. The van der Waals surface area contributed by atoms with Crippen molar-refractivity contribution in [2.45, 2.75) is 19.3 Å². The normalized spacial score (nSPS) is 9.92. The number of hydrogen-bond acceptors (Lipinski definition) is 4. The maximum atomic E-state index is 11.2. The Kier molecular flexibility index (Phi) is 3.98. The third kappa shape index (κ3) is 3.71. The summed E-state index contributed by atoms with van der Waals surface area (Å²) < 4.78 is 4.56. The lowest BCUT2D eigenvalue weighted by molar-refractivity contribution is -0.116. The van der Waals surface area contributed by atoms with Gasteiger partial charge in [-0.25, -0.2) is 0 Å². The molecular weight excluding hydrogens is 170 g/mol. The van der Waals surface area contributed by atoms with Gasteiger partial charge in [-0.05, 0) is 19.4 Å². The zero-order valence-electron chi connectivity index (χ0n) is 7.32. The van der Waals surface area contributed by atoms with E-state index in [-0.39, 0.29) is 5.91 Å². The third-order valence-electron chi connectivity index (χ3n) is 1.57. The Balaban J connectivity index is 2.18. The van der Waals surface area contributed by atoms with Gasteiger partial charge in [-0.3, -0.25) is 4.79 Å². The van der Waals surface area contributed by atoms with Crippen LogP contribution in [0.1, 0.15) is 19.3 Å². The number of aromatic nitrogens is 1. The molecule has 1 rings (SSSR count). The number of carbonyl (C=O) groups excluding carboxylic acids is 1. The Morgan fingerprint density at radius 3 is 3.08 bits per heavy atom. The number of nitrogens with two attached hydrogens (primary N) is 1. The molecule has 72 valence electrons. The van der Waals surface area contributed by atoms with Crippen molar-refractivity contribution < 1.29 is 9.32 Å². The largest absolute Gasteiger partial charge is 0.363 e. The lowest BCUT2D eigenvalue weighted by Crippen LogP contribution is -2.11. The van der Waals surface area contributed by atoms with Crippen molar-refractivity contribution in [3.8, 4) is 0 Å². The first-order chi connectivity index (χ1) is 6.33. The van der Waals surface area contributed by atoms with Crippen LogP contribution in [0.3, 0.4) is 0 Å². The van der Waals surface area contributed by atoms with E-state index in [1.807, 2.05) is 0 Å². The molecule has 0 bridgehead atoms. The van der Waals surface area contributed by atoms with Gasteiger partial charge in [0.25, 0.3) is 0 Å². The molecule has 0 spiro atoms. The fourth-order valence-electron chi connectivity index (χ4n) is 0.920. The summed E-state index contributed by atoms with van der Waals surface area (Å²) in [5.74, 6) is -0.0309. The molecule has 0 saturated carbocycles. The summed E-state index contributed by atoms with van der Waals surface area (Å²) in [5.41, 5.74) is 5.89. The molecule has 1 aromatic rings. The Morgan fingerprint density at radius 1 is 1.62 bits per heavy atom. The van der Waals surface area contributed by atoms with E-state index in [1.165, 1.54) is 12.5 Å².